The van der Waals surface area contributed by atoms with Crippen molar-refractivity contribution in [1.29, 1.82) is 0 Å². The van der Waals surface area contributed by atoms with E-state index in [1.54, 1.807) is 18.2 Å². The molecule has 2 aromatic rings. The second-order valence-electron chi connectivity index (χ2n) is 10.9. The lowest BCUT2D eigenvalue weighted by Crippen LogP contribution is -2.41. The van der Waals surface area contributed by atoms with Crippen LogP contribution in [-0.4, -0.2) is 67.9 Å². The van der Waals surface area contributed by atoms with Crippen molar-refractivity contribution < 1.29 is 28.7 Å². The molecule has 2 aromatic carbocycles. The zero-order valence-electron chi connectivity index (χ0n) is 23.1. The van der Waals surface area contributed by atoms with Gasteiger partial charge >= 0.3 is 0 Å². The third kappa shape index (κ3) is 7.52. The molecule has 2 unspecified atom stereocenters. The van der Waals surface area contributed by atoms with Crippen LogP contribution in [0, 0.1) is 11.8 Å². The zero-order chi connectivity index (χ0) is 28.8. The van der Waals surface area contributed by atoms with Crippen molar-refractivity contribution in [3.05, 3.63) is 63.7 Å². The molecule has 2 aliphatic heterocycles. The summed E-state index contributed by atoms with van der Waals surface area (Å²) in [7, 11) is 0. The number of halogens is 1. The maximum absolute atomic E-state index is 13.2. The first-order chi connectivity index (χ1) is 19.9. The van der Waals surface area contributed by atoms with E-state index >= 15 is 0 Å². The molecule has 0 saturated carbocycles. The molecule has 0 radical (unpaired) electrons. The number of morpholine rings is 1. The molecule has 2 atom stereocenters. The third-order valence-electron chi connectivity index (χ3n) is 8.20. The first kappa shape index (κ1) is 29.2. The number of rotatable bonds is 10. The van der Waals surface area contributed by atoms with Gasteiger partial charge in [-0.25, -0.2) is 0 Å². The van der Waals surface area contributed by atoms with Crippen LogP contribution in [0.4, 0.5) is 0 Å². The highest BCUT2D eigenvalue weighted by Gasteiger charge is 2.31. The summed E-state index contributed by atoms with van der Waals surface area (Å²) in [5, 5.41) is 5.81. The molecule has 3 amide bonds. The highest BCUT2D eigenvalue weighted by Crippen LogP contribution is 2.31. The summed E-state index contributed by atoms with van der Waals surface area (Å²) in [6.07, 6.45) is 3.66. The van der Waals surface area contributed by atoms with Crippen molar-refractivity contribution in [3.63, 3.8) is 0 Å². The lowest BCUT2D eigenvalue weighted by atomic mass is 9.78. The Hall–Kier alpha value is -3.27. The Morgan fingerprint density at radius 1 is 1.02 bits per heavy atom. The van der Waals surface area contributed by atoms with Gasteiger partial charge in [-0.2, -0.15) is 0 Å². The summed E-state index contributed by atoms with van der Waals surface area (Å²) >= 11 is 6.31. The lowest BCUT2D eigenvalue weighted by Gasteiger charge is -2.26. The Balaban J connectivity index is 1.12. The number of benzene rings is 2. The van der Waals surface area contributed by atoms with E-state index in [0.717, 1.165) is 62.4 Å². The summed E-state index contributed by atoms with van der Waals surface area (Å²) in [4.78, 5) is 51.8. The predicted molar refractivity (Wildman–Crippen MR) is 153 cm³/mol. The molecule has 10 heteroatoms. The highest BCUT2D eigenvalue weighted by molar-refractivity contribution is 6.32. The number of carbonyl (C=O) groups excluding carboxylic acids is 4. The average Bonchev–Trinajstić information content (AvgIpc) is 2.98. The fourth-order valence-corrected chi connectivity index (χ4v) is 5.90. The lowest BCUT2D eigenvalue weighted by molar-refractivity contribution is -0.136. The van der Waals surface area contributed by atoms with E-state index in [1.165, 1.54) is 0 Å². The van der Waals surface area contributed by atoms with E-state index in [-0.39, 0.29) is 35.3 Å². The van der Waals surface area contributed by atoms with Crippen molar-refractivity contribution >= 4 is 35.1 Å². The maximum atomic E-state index is 13.2. The van der Waals surface area contributed by atoms with Crippen LogP contribution in [0.5, 0.6) is 5.75 Å². The Bertz CT molecular complexity index is 1310. The standard InChI is InChI=1S/C31H36ClN3O6/c32-26-9-6-24(18-27(26)41-16-13-35-11-14-40-15-12-35)30(38)33-19-20-1-8-25-23(17-20)5-3-21(29(25)37)2-4-22-7-10-28(36)34-31(22)39/h1,6,8-9,17-18,21-22H,2-5,7,10-16,19H2,(H,33,38)(H,34,36,39). The largest absolute Gasteiger partial charge is 0.491 e. The van der Waals surface area contributed by atoms with Gasteiger partial charge in [-0.1, -0.05) is 29.8 Å². The number of hydrogen-bond donors (Lipinski definition) is 2. The number of fused-ring (bicyclic) bond motifs is 1. The summed E-state index contributed by atoms with van der Waals surface area (Å²) in [5.74, 6) is -0.406. The third-order valence-corrected chi connectivity index (χ3v) is 8.51. The molecule has 9 nitrogen and oxygen atoms in total. The average molecular weight is 582 g/mol. The summed E-state index contributed by atoms with van der Waals surface area (Å²) in [6, 6.07) is 10.7. The number of imide groups is 1. The van der Waals surface area contributed by atoms with Crippen LogP contribution >= 0.6 is 11.6 Å². The van der Waals surface area contributed by atoms with Gasteiger partial charge < -0.3 is 14.8 Å². The van der Waals surface area contributed by atoms with Gasteiger partial charge in [0.15, 0.2) is 5.78 Å². The van der Waals surface area contributed by atoms with Gasteiger partial charge in [-0.05, 0) is 61.4 Å². The number of nitrogens with one attached hydrogen (secondary N) is 2. The molecule has 41 heavy (non-hydrogen) atoms. The van der Waals surface area contributed by atoms with Gasteiger partial charge in [0, 0.05) is 55.6 Å². The molecule has 0 bridgehead atoms. The van der Waals surface area contributed by atoms with Crippen LogP contribution in [0.25, 0.3) is 0 Å². The van der Waals surface area contributed by atoms with Crippen molar-refractivity contribution in [2.75, 3.05) is 39.5 Å². The van der Waals surface area contributed by atoms with Gasteiger partial charge in [-0.3, -0.25) is 29.4 Å². The highest BCUT2D eigenvalue weighted by atomic mass is 35.5. The molecule has 3 aliphatic rings. The molecule has 2 heterocycles. The van der Waals surface area contributed by atoms with Crippen molar-refractivity contribution in [1.82, 2.24) is 15.5 Å². The Kier molecular flexibility index (Phi) is 9.69. The van der Waals surface area contributed by atoms with E-state index in [1.807, 2.05) is 18.2 Å². The minimum atomic E-state index is -0.234. The minimum Gasteiger partial charge on any atom is -0.491 e. The minimum absolute atomic E-state index is 0.108. The van der Waals surface area contributed by atoms with Gasteiger partial charge in [-0.15, -0.1) is 0 Å². The van der Waals surface area contributed by atoms with Crippen molar-refractivity contribution in [2.24, 2.45) is 11.8 Å². The number of ketones is 1. The van der Waals surface area contributed by atoms with E-state index in [9.17, 15) is 19.2 Å². The first-order valence-corrected chi connectivity index (χ1v) is 14.8. The van der Waals surface area contributed by atoms with Crippen molar-refractivity contribution in [3.8, 4) is 5.75 Å². The van der Waals surface area contributed by atoms with Gasteiger partial charge in [0.2, 0.25) is 11.8 Å². The molecule has 1 aliphatic carbocycles. The number of carbonyl (C=O) groups is 4. The van der Waals surface area contributed by atoms with Gasteiger partial charge in [0.25, 0.3) is 5.91 Å². The number of hydrogen-bond acceptors (Lipinski definition) is 7. The van der Waals surface area contributed by atoms with Crippen LogP contribution in [0.15, 0.2) is 36.4 Å². The second-order valence-corrected chi connectivity index (χ2v) is 11.4. The Morgan fingerprint density at radius 2 is 1.80 bits per heavy atom. The van der Waals surface area contributed by atoms with E-state index in [0.29, 0.717) is 55.2 Å². The number of amides is 3. The normalized spacial score (nSPS) is 21.2. The summed E-state index contributed by atoms with van der Waals surface area (Å²) in [5.41, 5.74) is 3.09. The maximum Gasteiger partial charge on any atom is 0.251 e. The second kappa shape index (κ2) is 13.6. The topological polar surface area (TPSA) is 114 Å². The van der Waals surface area contributed by atoms with Crippen LogP contribution in [0.2, 0.25) is 5.02 Å². The fourth-order valence-electron chi connectivity index (χ4n) is 5.73. The molecule has 2 N–H and O–H groups in total. The van der Waals surface area contributed by atoms with Crippen molar-refractivity contribution in [2.45, 2.75) is 45.1 Å². The van der Waals surface area contributed by atoms with E-state index < -0.39 is 0 Å². The van der Waals surface area contributed by atoms with E-state index in [2.05, 4.69) is 15.5 Å². The zero-order valence-corrected chi connectivity index (χ0v) is 23.8. The predicted octanol–water partition coefficient (Wildman–Crippen LogP) is 3.56. The number of piperidine rings is 1. The molecule has 218 valence electrons. The van der Waals surface area contributed by atoms with E-state index in [4.69, 9.17) is 21.1 Å². The monoisotopic (exact) mass is 581 g/mol. The number of ether oxygens (including phenoxy) is 2. The number of aryl methyl sites for hydroxylation is 1. The molecule has 5 rings (SSSR count). The quantitative estimate of drug-likeness (QED) is 0.412. The van der Waals surface area contributed by atoms with Crippen LogP contribution in [0.1, 0.15) is 63.9 Å². The van der Waals surface area contributed by atoms with Gasteiger partial charge in [0.1, 0.15) is 12.4 Å². The molecule has 2 fully saturated rings. The fraction of sp³-hybridized carbons (Fsp3) is 0.484. The van der Waals surface area contributed by atoms with Crippen LogP contribution < -0.4 is 15.4 Å². The Morgan fingerprint density at radius 3 is 2.61 bits per heavy atom. The molecular weight excluding hydrogens is 546 g/mol. The number of nitrogens with zero attached hydrogens (tertiary/aromatic N) is 1. The van der Waals surface area contributed by atoms with Crippen LogP contribution in [-0.2, 0) is 27.3 Å². The molecule has 0 aromatic heterocycles. The Labute approximate surface area is 244 Å². The smallest absolute Gasteiger partial charge is 0.251 e. The van der Waals surface area contributed by atoms with Crippen LogP contribution in [0.3, 0.4) is 0 Å². The molecular formula is C31H36ClN3O6. The summed E-state index contributed by atoms with van der Waals surface area (Å²) < 4.78 is 11.2. The molecule has 0 spiro atoms. The molecule has 2 saturated heterocycles. The number of Topliss-reactive ketones (excluding diaryl/α,β-unsaturated/α-hetero) is 1. The first-order valence-electron chi connectivity index (χ1n) is 14.4. The van der Waals surface area contributed by atoms with Gasteiger partial charge in [0.05, 0.1) is 18.2 Å². The summed E-state index contributed by atoms with van der Waals surface area (Å²) in [6.45, 7) is 4.76. The SMILES string of the molecule is O=C1CCC(CCC2CCc3cc(CNC(=O)c4ccc(Cl)c(OCCN5CCOCC5)c4)ccc3C2=O)C(=O)N1.